The summed E-state index contributed by atoms with van der Waals surface area (Å²) in [7, 11) is 4.85. The number of benzene rings is 1. The van der Waals surface area contributed by atoms with E-state index in [4.69, 9.17) is 38.7 Å². The predicted octanol–water partition coefficient (Wildman–Crippen LogP) is 0.809. The van der Waals surface area contributed by atoms with E-state index < -0.39 is 12.6 Å². The Balaban J connectivity index is 0.000000841. The van der Waals surface area contributed by atoms with Crippen molar-refractivity contribution in [3.05, 3.63) is 18.2 Å². The Kier molecular flexibility index (Phi) is 12.4. The Morgan fingerprint density at radius 2 is 1.48 bits per heavy atom. The fourth-order valence-electron chi connectivity index (χ4n) is 1.37. The Morgan fingerprint density at radius 3 is 1.96 bits per heavy atom. The number of carbonyl (C=O) groups is 1. The minimum atomic E-state index is -1.19. The Morgan fingerprint density at radius 1 is 0.957 bits per heavy atom. The first-order valence-electron chi connectivity index (χ1n) is 6.83. The molecule has 0 aliphatic rings. The second-order valence-corrected chi connectivity index (χ2v) is 4.02. The lowest BCUT2D eigenvalue weighted by Crippen LogP contribution is -2.09. The molecule has 0 radical (unpaired) electrons. The highest BCUT2D eigenvalue weighted by molar-refractivity contribution is 5.67. The molecule has 0 spiro atoms. The van der Waals surface area contributed by atoms with E-state index in [0.29, 0.717) is 43.7 Å². The maximum Gasteiger partial charge on any atom is 0.329 e. The first-order valence-corrected chi connectivity index (χ1v) is 6.83. The molecule has 1 rings (SSSR count). The number of aliphatic carboxylic acids is 1. The van der Waals surface area contributed by atoms with E-state index in [1.54, 1.807) is 21.3 Å². The zero-order valence-corrected chi connectivity index (χ0v) is 13.6. The van der Waals surface area contributed by atoms with Gasteiger partial charge in [-0.25, -0.2) is 4.79 Å². The van der Waals surface area contributed by atoms with E-state index in [0.717, 1.165) is 0 Å². The molecular weight excluding hydrogens is 308 g/mol. The average molecular weight is 332 g/mol. The van der Waals surface area contributed by atoms with Crippen molar-refractivity contribution in [3.63, 3.8) is 0 Å². The first-order chi connectivity index (χ1) is 11.1. The molecule has 0 bridgehead atoms. The number of carboxylic acid groups (broad SMARTS) is 1. The van der Waals surface area contributed by atoms with Crippen LogP contribution in [0.1, 0.15) is 0 Å². The minimum Gasteiger partial charge on any atom is -0.493 e. The highest BCUT2D eigenvalue weighted by atomic mass is 16.6. The van der Waals surface area contributed by atoms with Crippen molar-refractivity contribution in [3.8, 4) is 17.2 Å². The quantitative estimate of drug-likeness (QED) is 0.607. The van der Waals surface area contributed by atoms with Gasteiger partial charge in [0.15, 0.2) is 11.5 Å². The molecule has 0 saturated heterocycles. The largest absolute Gasteiger partial charge is 0.493 e. The van der Waals surface area contributed by atoms with Crippen LogP contribution in [-0.4, -0.2) is 70.5 Å². The number of para-hydroxylation sites is 1. The summed E-state index contributed by atoms with van der Waals surface area (Å²) in [6.45, 7) is 1.16. The van der Waals surface area contributed by atoms with E-state index >= 15 is 0 Å². The van der Waals surface area contributed by atoms with Crippen LogP contribution in [0.5, 0.6) is 17.2 Å². The zero-order chi connectivity index (χ0) is 17.5. The summed E-state index contributed by atoms with van der Waals surface area (Å²) in [5.74, 6) is 0.682. The van der Waals surface area contributed by atoms with Crippen LogP contribution in [0.2, 0.25) is 0 Å². The van der Waals surface area contributed by atoms with Gasteiger partial charge in [0.1, 0.15) is 19.8 Å². The molecule has 8 heteroatoms. The van der Waals surface area contributed by atoms with Gasteiger partial charge in [0.05, 0.1) is 20.3 Å². The van der Waals surface area contributed by atoms with Gasteiger partial charge in [-0.1, -0.05) is 6.07 Å². The summed E-state index contributed by atoms with van der Waals surface area (Å²) in [5, 5.41) is 15.0. The third-order valence-electron chi connectivity index (χ3n) is 2.38. The molecule has 0 saturated carbocycles. The second kappa shape index (κ2) is 13.6. The molecule has 0 fully saturated rings. The minimum absolute atomic E-state index is 0.442. The van der Waals surface area contributed by atoms with Gasteiger partial charge in [-0.05, 0) is 12.1 Å². The SMILES string of the molecule is COCCOc1cccc(OC)c1OCCOC.O=C(O)CO. The lowest BCUT2D eigenvalue weighted by atomic mass is 10.3. The number of carboxylic acids is 1. The van der Waals surface area contributed by atoms with Gasteiger partial charge in [0, 0.05) is 14.2 Å². The molecule has 0 amide bonds. The van der Waals surface area contributed by atoms with Crippen LogP contribution in [0.15, 0.2) is 18.2 Å². The Labute approximate surface area is 135 Å². The molecule has 0 aliphatic heterocycles. The van der Waals surface area contributed by atoms with Crippen molar-refractivity contribution >= 4 is 5.97 Å². The standard InChI is InChI=1S/C13H20O5.C2H4O3/c1-14-7-9-17-12-6-4-5-11(16-3)13(12)18-10-8-15-2;3-1-2(4)5/h4-6H,7-10H2,1-3H3;3H,1H2,(H,4,5). The van der Waals surface area contributed by atoms with E-state index in [1.807, 2.05) is 18.2 Å². The molecule has 0 atom stereocenters. The molecule has 0 unspecified atom stereocenters. The van der Waals surface area contributed by atoms with E-state index in [-0.39, 0.29) is 0 Å². The fourth-order valence-corrected chi connectivity index (χ4v) is 1.37. The molecule has 2 N–H and O–H groups in total. The number of ether oxygens (including phenoxy) is 5. The Hall–Kier alpha value is -2.03. The number of rotatable bonds is 10. The highest BCUT2D eigenvalue weighted by Gasteiger charge is 2.11. The Bertz CT molecular complexity index is 435. The smallest absolute Gasteiger partial charge is 0.329 e. The van der Waals surface area contributed by atoms with Gasteiger partial charge < -0.3 is 33.9 Å². The molecule has 0 heterocycles. The van der Waals surface area contributed by atoms with Gasteiger partial charge in [0.25, 0.3) is 0 Å². The number of methoxy groups -OCH3 is 3. The van der Waals surface area contributed by atoms with Gasteiger partial charge in [0.2, 0.25) is 5.75 Å². The summed E-state index contributed by atoms with van der Waals surface area (Å²) in [4.78, 5) is 9.12. The molecule has 0 aliphatic carbocycles. The predicted molar refractivity (Wildman–Crippen MR) is 82.5 cm³/mol. The van der Waals surface area contributed by atoms with E-state index in [9.17, 15) is 0 Å². The van der Waals surface area contributed by atoms with Crippen LogP contribution in [0.4, 0.5) is 0 Å². The molecule has 1 aromatic carbocycles. The summed E-state index contributed by atoms with van der Waals surface area (Å²) in [6, 6.07) is 5.51. The van der Waals surface area contributed by atoms with E-state index in [2.05, 4.69) is 0 Å². The lowest BCUT2D eigenvalue weighted by molar-refractivity contribution is -0.140. The summed E-state index contributed by atoms with van der Waals surface area (Å²) in [5.41, 5.74) is 0. The van der Waals surface area contributed by atoms with Crippen molar-refractivity contribution in [1.29, 1.82) is 0 Å². The second-order valence-electron chi connectivity index (χ2n) is 4.02. The topological polar surface area (TPSA) is 104 Å². The van der Waals surface area contributed by atoms with Crippen LogP contribution < -0.4 is 14.2 Å². The number of aliphatic hydroxyl groups is 1. The van der Waals surface area contributed by atoms with Crippen LogP contribution >= 0.6 is 0 Å². The summed E-state index contributed by atoms with van der Waals surface area (Å²) >= 11 is 0. The zero-order valence-electron chi connectivity index (χ0n) is 13.6. The molecule has 0 aromatic heterocycles. The third kappa shape index (κ3) is 9.56. The van der Waals surface area contributed by atoms with Crippen LogP contribution in [0.3, 0.4) is 0 Å². The first kappa shape index (κ1) is 21.0. The summed E-state index contributed by atoms with van der Waals surface area (Å²) < 4.78 is 26.3. The van der Waals surface area contributed by atoms with Crippen molar-refractivity contribution in [2.75, 3.05) is 54.4 Å². The number of hydrogen-bond acceptors (Lipinski definition) is 7. The van der Waals surface area contributed by atoms with Crippen LogP contribution in [0.25, 0.3) is 0 Å². The van der Waals surface area contributed by atoms with Crippen molar-refractivity contribution in [2.45, 2.75) is 0 Å². The fraction of sp³-hybridized carbons (Fsp3) is 0.533. The van der Waals surface area contributed by atoms with Gasteiger partial charge in [-0.2, -0.15) is 0 Å². The van der Waals surface area contributed by atoms with Gasteiger partial charge >= 0.3 is 5.97 Å². The van der Waals surface area contributed by atoms with Gasteiger partial charge in [-0.3, -0.25) is 0 Å². The molecule has 8 nitrogen and oxygen atoms in total. The van der Waals surface area contributed by atoms with Gasteiger partial charge in [-0.15, -0.1) is 0 Å². The maximum absolute atomic E-state index is 9.12. The normalized spacial score (nSPS) is 9.57. The van der Waals surface area contributed by atoms with Crippen LogP contribution in [-0.2, 0) is 14.3 Å². The van der Waals surface area contributed by atoms with Crippen molar-refractivity contribution < 1.29 is 38.7 Å². The third-order valence-corrected chi connectivity index (χ3v) is 2.38. The number of aliphatic hydroxyl groups excluding tert-OH is 1. The molecule has 1 aromatic rings. The van der Waals surface area contributed by atoms with Crippen LogP contribution in [0, 0.1) is 0 Å². The van der Waals surface area contributed by atoms with E-state index in [1.165, 1.54) is 0 Å². The molecule has 23 heavy (non-hydrogen) atoms. The van der Waals surface area contributed by atoms with Crippen molar-refractivity contribution in [2.24, 2.45) is 0 Å². The average Bonchev–Trinajstić information content (AvgIpc) is 2.56. The van der Waals surface area contributed by atoms with Crippen molar-refractivity contribution in [1.82, 2.24) is 0 Å². The monoisotopic (exact) mass is 332 g/mol. The number of hydrogen-bond donors (Lipinski definition) is 2. The summed E-state index contributed by atoms with van der Waals surface area (Å²) in [6.07, 6.45) is 0. The molecule has 132 valence electrons. The lowest BCUT2D eigenvalue weighted by Gasteiger charge is -2.15. The maximum atomic E-state index is 9.12. The highest BCUT2D eigenvalue weighted by Crippen LogP contribution is 2.36. The molecular formula is C15H24O8.